The molecular weight excluding hydrogens is 472 g/mol. The van der Waals surface area contributed by atoms with Crippen LogP contribution in [-0.2, 0) is 9.53 Å². The van der Waals surface area contributed by atoms with Crippen molar-refractivity contribution in [3.63, 3.8) is 0 Å². The highest BCUT2D eigenvalue weighted by atomic mass is 35.5. The SMILES string of the molecule is CCN(CC)CC(=NNC1=Nc2cccc([N+](=O)[O-])c2C(c2ccc(Cl)cc2)=NC1C)C(=O)OC. The van der Waals surface area contributed by atoms with Gasteiger partial charge in [-0.3, -0.25) is 25.4 Å². The van der Waals surface area contributed by atoms with Gasteiger partial charge in [0.15, 0.2) is 5.71 Å². The minimum Gasteiger partial charge on any atom is -0.464 e. The highest BCUT2D eigenvalue weighted by Crippen LogP contribution is 2.34. The number of hydrogen-bond donors (Lipinski definition) is 1. The maximum Gasteiger partial charge on any atom is 0.355 e. The van der Waals surface area contributed by atoms with Gasteiger partial charge in [0.2, 0.25) is 0 Å². The van der Waals surface area contributed by atoms with Gasteiger partial charge in [-0.05, 0) is 38.2 Å². The lowest BCUT2D eigenvalue weighted by molar-refractivity contribution is -0.385. The van der Waals surface area contributed by atoms with Crippen LogP contribution in [0.4, 0.5) is 11.4 Å². The second-order valence-corrected chi connectivity index (χ2v) is 8.15. The van der Waals surface area contributed by atoms with E-state index in [0.717, 1.165) is 13.1 Å². The molecule has 1 atom stereocenters. The molecule has 2 aromatic carbocycles. The van der Waals surface area contributed by atoms with E-state index < -0.39 is 16.9 Å². The van der Waals surface area contributed by atoms with Crippen LogP contribution in [0.15, 0.2) is 57.6 Å². The lowest BCUT2D eigenvalue weighted by Crippen LogP contribution is -2.37. The van der Waals surface area contributed by atoms with E-state index in [1.165, 1.54) is 13.2 Å². The van der Waals surface area contributed by atoms with Gasteiger partial charge in [0, 0.05) is 23.2 Å². The fourth-order valence-electron chi connectivity index (χ4n) is 3.55. The predicted octanol–water partition coefficient (Wildman–Crippen LogP) is 3.98. The number of ether oxygens (including phenoxy) is 1. The summed E-state index contributed by atoms with van der Waals surface area (Å²) in [6, 6.07) is 11.0. The summed E-state index contributed by atoms with van der Waals surface area (Å²) in [7, 11) is 1.30. The van der Waals surface area contributed by atoms with Crippen molar-refractivity contribution >= 4 is 46.2 Å². The zero-order valence-electron chi connectivity index (χ0n) is 20.0. The van der Waals surface area contributed by atoms with E-state index in [1.54, 1.807) is 43.3 Å². The molecule has 0 aliphatic carbocycles. The number of methoxy groups -OCH3 is 1. The van der Waals surface area contributed by atoms with E-state index >= 15 is 0 Å². The normalized spacial score (nSPS) is 15.6. The Morgan fingerprint density at radius 1 is 1.23 bits per heavy atom. The van der Waals surface area contributed by atoms with Crippen molar-refractivity contribution < 1.29 is 14.5 Å². The molecule has 10 nitrogen and oxygen atoms in total. The van der Waals surface area contributed by atoms with Gasteiger partial charge in [0.05, 0.1) is 23.4 Å². The van der Waals surface area contributed by atoms with E-state index in [9.17, 15) is 14.9 Å². The number of benzene rings is 2. The molecule has 1 heterocycles. The van der Waals surface area contributed by atoms with Gasteiger partial charge in [0.1, 0.15) is 17.4 Å². The molecule has 1 aliphatic heterocycles. The summed E-state index contributed by atoms with van der Waals surface area (Å²) in [6.07, 6.45) is 0. The number of carbonyl (C=O) groups excluding carboxylic acids is 1. The fourth-order valence-corrected chi connectivity index (χ4v) is 3.68. The van der Waals surface area contributed by atoms with Gasteiger partial charge in [-0.2, -0.15) is 5.10 Å². The maximum absolute atomic E-state index is 12.3. The van der Waals surface area contributed by atoms with Gasteiger partial charge in [0.25, 0.3) is 5.69 Å². The third-order valence-electron chi connectivity index (χ3n) is 5.53. The van der Waals surface area contributed by atoms with E-state index in [0.29, 0.717) is 33.4 Å². The predicted molar refractivity (Wildman–Crippen MR) is 137 cm³/mol. The summed E-state index contributed by atoms with van der Waals surface area (Å²) in [5, 5.41) is 16.7. The molecule has 0 amide bonds. The number of nitrogens with one attached hydrogen (secondary N) is 1. The number of hydrogen-bond acceptors (Lipinski definition) is 9. The second-order valence-electron chi connectivity index (χ2n) is 7.71. The van der Waals surface area contributed by atoms with E-state index in [1.807, 2.05) is 18.7 Å². The van der Waals surface area contributed by atoms with Gasteiger partial charge < -0.3 is 4.74 Å². The molecule has 3 rings (SSSR count). The lowest BCUT2D eigenvalue weighted by atomic mass is 9.99. The van der Waals surface area contributed by atoms with Crippen LogP contribution in [0.3, 0.4) is 0 Å². The average Bonchev–Trinajstić information content (AvgIpc) is 3.00. The Morgan fingerprint density at radius 3 is 2.51 bits per heavy atom. The Hall–Kier alpha value is -3.63. The number of rotatable bonds is 8. The zero-order valence-corrected chi connectivity index (χ0v) is 20.7. The van der Waals surface area contributed by atoms with Crippen molar-refractivity contribution in [3.8, 4) is 0 Å². The molecular formula is C24H27ClN6O4. The third kappa shape index (κ3) is 6.09. The van der Waals surface area contributed by atoms with Gasteiger partial charge >= 0.3 is 5.97 Å². The van der Waals surface area contributed by atoms with Crippen LogP contribution < -0.4 is 5.43 Å². The number of hydrazone groups is 1. The number of nitro benzene ring substituents is 1. The number of nitrogens with zero attached hydrogens (tertiary/aromatic N) is 5. The summed E-state index contributed by atoms with van der Waals surface area (Å²) >= 11 is 6.05. The van der Waals surface area contributed by atoms with Crippen molar-refractivity contribution in [2.75, 3.05) is 26.7 Å². The number of amidine groups is 1. The first-order valence-electron chi connectivity index (χ1n) is 11.1. The van der Waals surface area contributed by atoms with Crippen LogP contribution in [0.1, 0.15) is 31.9 Å². The van der Waals surface area contributed by atoms with Gasteiger partial charge in [-0.15, -0.1) is 0 Å². The van der Waals surface area contributed by atoms with Gasteiger partial charge in [-0.25, -0.2) is 9.79 Å². The lowest BCUT2D eigenvalue weighted by Gasteiger charge is -2.18. The molecule has 1 N–H and O–H groups in total. The van der Waals surface area contributed by atoms with Crippen LogP contribution >= 0.6 is 11.6 Å². The van der Waals surface area contributed by atoms with Crippen molar-refractivity contribution in [1.82, 2.24) is 10.3 Å². The Morgan fingerprint density at radius 2 is 1.91 bits per heavy atom. The minimum absolute atomic E-state index is 0.117. The Kier molecular flexibility index (Phi) is 8.67. The summed E-state index contributed by atoms with van der Waals surface area (Å²) in [5.74, 6) is -0.232. The highest BCUT2D eigenvalue weighted by Gasteiger charge is 2.28. The van der Waals surface area contributed by atoms with E-state index in [2.05, 4.69) is 15.5 Å². The second kappa shape index (κ2) is 11.7. The minimum atomic E-state index is -0.562. The quantitative estimate of drug-likeness (QED) is 0.254. The Bertz CT molecular complexity index is 1190. The molecule has 1 unspecified atom stereocenters. The van der Waals surface area contributed by atoms with Crippen LogP contribution in [0.25, 0.3) is 0 Å². The fraction of sp³-hybridized carbons (Fsp3) is 0.333. The number of nitro groups is 1. The standard InChI is InChI=1S/C24H27ClN6O4/c1-5-30(6-2)14-19(24(32)35-4)28-29-23-15(3)26-22(16-10-12-17(25)13-11-16)21-18(27-23)8-7-9-20(21)31(33)34/h7-13,15H,5-6,14H2,1-4H3,(H,27,29). The molecule has 1 aliphatic rings. The molecule has 0 saturated heterocycles. The Labute approximate surface area is 208 Å². The number of esters is 1. The van der Waals surface area contributed by atoms with Crippen molar-refractivity contribution in [1.29, 1.82) is 0 Å². The summed E-state index contributed by atoms with van der Waals surface area (Å²) in [6.45, 7) is 7.51. The Balaban J connectivity index is 2.10. The van der Waals surface area contributed by atoms with Crippen LogP contribution in [0.2, 0.25) is 5.02 Å². The maximum atomic E-state index is 12.3. The molecule has 11 heteroatoms. The van der Waals surface area contributed by atoms with Gasteiger partial charge in [-0.1, -0.05) is 43.6 Å². The molecule has 35 heavy (non-hydrogen) atoms. The van der Waals surface area contributed by atoms with E-state index in [-0.39, 0.29) is 17.9 Å². The molecule has 0 bridgehead atoms. The molecule has 0 fully saturated rings. The summed E-state index contributed by atoms with van der Waals surface area (Å²) < 4.78 is 4.89. The molecule has 0 aromatic heterocycles. The first-order chi connectivity index (χ1) is 16.8. The smallest absolute Gasteiger partial charge is 0.355 e. The molecule has 0 spiro atoms. The molecule has 2 aromatic rings. The zero-order chi connectivity index (χ0) is 25.5. The highest BCUT2D eigenvalue weighted by molar-refractivity contribution is 6.37. The molecule has 184 valence electrons. The number of fused-ring (bicyclic) bond motifs is 1. The summed E-state index contributed by atoms with van der Waals surface area (Å²) in [5.41, 5.74) is 4.65. The van der Waals surface area contributed by atoms with E-state index in [4.69, 9.17) is 21.3 Å². The monoisotopic (exact) mass is 498 g/mol. The summed E-state index contributed by atoms with van der Waals surface area (Å²) in [4.78, 5) is 35.1. The third-order valence-corrected chi connectivity index (χ3v) is 5.78. The van der Waals surface area contributed by atoms with Crippen LogP contribution in [0.5, 0.6) is 0 Å². The number of halogens is 1. The topological polar surface area (TPSA) is 122 Å². The number of carbonyl (C=O) groups is 1. The average molecular weight is 499 g/mol. The van der Waals surface area contributed by atoms with Crippen molar-refractivity contribution in [2.24, 2.45) is 15.1 Å². The van der Waals surface area contributed by atoms with Crippen molar-refractivity contribution in [2.45, 2.75) is 26.8 Å². The molecule has 0 radical (unpaired) electrons. The van der Waals surface area contributed by atoms with Crippen molar-refractivity contribution in [3.05, 3.63) is 68.7 Å². The first-order valence-corrected chi connectivity index (χ1v) is 11.5. The largest absolute Gasteiger partial charge is 0.464 e. The van der Waals surface area contributed by atoms with Crippen LogP contribution in [0, 0.1) is 10.1 Å². The van der Waals surface area contributed by atoms with Crippen LogP contribution in [-0.4, -0.2) is 65.8 Å². The molecule has 0 saturated carbocycles. The first kappa shape index (κ1) is 26.0. The number of aliphatic imine (C=N–C) groups is 2.